The van der Waals surface area contributed by atoms with E-state index in [9.17, 15) is 14.4 Å². The summed E-state index contributed by atoms with van der Waals surface area (Å²) < 4.78 is 0. The second-order valence-electron chi connectivity index (χ2n) is 4.55. The zero-order valence-electron chi connectivity index (χ0n) is 11.6. The Morgan fingerprint density at radius 2 is 2.11 bits per heavy atom. The molecule has 3 amide bonds. The van der Waals surface area contributed by atoms with Gasteiger partial charge in [-0.2, -0.15) is 0 Å². The third-order valence-electron chi connectivity index (χ3n) is 2.86. The Morgan fingerprint density at radius 3 is 2.74 bits per heavy atom. The van der Waals surface area contributed by atoms with E-state index in [1.807, 2.05) is 13.8 Å². The number of likely N-dealkylation sites (tertiary alicyclic amines) is 1. The lowest BCUT2D eigenvalue weighted by Crippen LogP contribution is -2.35. The molecule has 1 unspecified atom stereocenters. The maximum Gasteiger partial charge on any atom is 0.242 e. The molecule has 1 heterocycles. The average molecular weight is 286 g/mol. The van der Waals surface area contributed by atoms with Gasteiger partial charge in [-0.3, -0.25) is 19.3 Å². The van der Waals surface area contributed by atoms with Gasteiger partial charge in [-0.1, -0.05) is 13.8 Å². The van der Waals surface area contributed by atoms with Crippen LogP contribution in [0.4, 0.5) is 0 Å². The van der Waals surface area contributed by atoms with Crippen LogP contribution in [-0.2, 0) is 14.4 Å². The van der Waals surface area contributed by atoms with Gasteiger partial charge in [0.15, 0.2) is 0 Å². The van der Waals surface area contributed by atoms with E-state index in [1.165, 1.54) is 16.7 Å². The fourth-order valence-corrected chi connectivity index (χ4v) is 2.89. The fraction of sp³-hybridized carbons (Fsp3) is 0.769. The number of nitrogens with zero attached hydrogens (tertiary/aromatic N) is 1. The first-order chi connectivity index (χ1) is 9.10. The SMILES string of the molecule is CCCNC(=O)CCN1C(=O)CC(SCCC)C1=O. The smallest absolute Gasteiger partial charge is 0.242 e. The number of hydrogen-bond acceptors (Lipinski definition) is 4. The maximum absolute atomic E-state index is 12.0. The van der Waals surface area contributed by atoms with Crippen LogP contribution in [0, 0.1) is 0 Å². The molecule has 0 aromatic heterocycles. The molecular weight excluding hydrogens is 264 g/mol. The molecule has 0 aromatic carbocycles. The highest BCUT2D eigenvalue weighted by Crippen LogP contribution is 2.25. The second kappa shape index (κ2) is 8.19. The molecule has 1 aliphatic heterocycles. The minimum absolute atomic E-state index is 0.105. The van der Waals surface area contributed by atoms with Gasteiger partial charge in [0.2, 0.25) is 17.7 Å². The van der Waals surface area contributed by atoms with Gasteiger partial charge < -0.3 is 5.32 Å². The first kappa shape index (κ1) is 16.0. The van der Waals surface area contributed by atoms with E-state index in [4.69, 9.17) is 0 Å². The van der Waals surface area contributed by atoms with Gasteiger partial charge in [-0.15, -0.1) is 11.8 Å². The Kier molecular flexibility index (Phi) is 6.91. The number of carbonyl (C=O) groups excluding carboxylic acids is 3. The summed E-state index contributed by atoms with van der Waals surface area (Å²) in [5.74, 6) is 0.495. The quantitative estimate of drug-likeness (QED) is 0.680. The Hall–Kier alpha value is -1.04. The van der Waals surface area contributed by atoms with Crippen molar-refractivity contribution >= 4 is 29.5 Å². The molecule has 1 fully saturated rings. The van der Waals surface area contributed by atoms with Gasteiger partial charge in [0.05, 0.1) is 5.25 Å². The van der Waals surface area contributed by atoms with E-state index < -0.39 is 0 Å². The summed E-state index contributed by atoms with van der Waals surface area (Å²) in [7, 11) is 0. The number of rotatable bonds is 8. The van der Waals surface area contributed by atoms with Crippen LogP contribution in [0.15, 0.2) is 0 Å². The minimum atomic E-state index is -0.244. The lowest BCUT2D eigenvalue weighted by molar-refractivity contribution is -0.138. The van der Waals surface area contributed by atoms with Crippen molar-refractivity contribution in [3.63, 3.8) is 0 Å². The molecular formula is C13H22N2O3S. The lowest BCUT2D eigenvalue weighted by Gasteiger charge is -2.14. The van der Waals surface area contributed by atoms with Crippen molar-refractivity contribution in [1.29, 1.82) is 0 Å². The summed E-state index contributed by atoms with van der Waals surface area (Å²) in [5, 5.41) is 2.49. The largest absolute Gasteiger partial charge is 0.356 e. The number of imide groups is 1. The van der Waals surface area contributed by atoms with Gasteiger partial charge >= 0.3 is 0 Å². The maximum atomic E-state index is 12.0. The fourth-order valence-electron chi connectivity index (χ4n) is 1.84. The Morgan fingerprint density at radius 1 is 1.37 bits per heavy atom. The summed E-state index contributed by atoms with van der Waals surface area (Å²) in [6, 6.07) is 0. The summed E-state index contributed by atoms with van der Waals surface area (Å²) in [5.41, 5.74) is 0. The number of nitrogens with one attached hydrogen (secondary N) is 1. The zero-order chi connectivity index (χ0) is 14.3. The topological polar surface area (TPSA) is 66.5 Å². The molecule has 0 saturated carbocycles. The predicted octanol–water partition coefficient (Wildman–Crippen LogP) is 1.17. The van der Waals surface area contributed by atoms with Gasteiger partial charge in [-0.05, 0) is 18.6 Å². The highest BCUT2D eigenvalue weighted by molar-refractivity contribution is 8.00. The third-order valence-corrected chi connectivity index (χ3v) is 4.27. The number of hydrogen-bond donors (Lipinski definition) is 1. The highest BCUT2D eigenvalue weighted by Gasteiger charge is 2.38. The van der Waals surface area contributed by atoms with E-state index in [2.05, 4.69) is 5.32 Å². The van der Waals surface area contributed by atoms with Crippen molar-refractivity contribution in [2.45, 2.75) is 44.8 Å². The molecule has 0 aromatic rings. The van der Waals surface area contributed by atoms with Gasteiger partial charge in [0.1, 0.15) is 0 Å². The van der Waals surface area contributed by atoms with E-state index in [1.54, 1.807) is 0 Å². The summed E-state index contributed by atoms with van der Waals surface area (Å²) >= 11 is 1.54. The molecule has 0 radical (unpaired) electrons. The van der Waals surface area contributed by atoms with Crippen LogP contribution in [0.3, 0.4) is 0 Å². The lowest BCUT2D eigenvalue weighted by atomic mass is 10.3. The van der Waals surface area contributed by atoms with Crippen LogP contribution in [-0.4, -0.2) is 46.7 Å². The van der Waals surface area contributed by atoms with Crippen molar-refractivity contribution in [2.75, 3.05) is 18.8 Å². The minimum Gasteiger partial charge on any atom is -0.356 e. The van der Waals surface area contributed by atoms with E-state index >= 15 is 0 Å². The molecule has 6 heteroatoms. The molecule has 1 rings (SSSR count). The standard InChI is InChI=1S/C13H22N2O3S/c1-3-6-14-11(16)5-7-15-12(17)9-10(13(15)18)19-8-4-2/h10H,3-9H2,1-2H3,(H,14,16). The van der Waals surface area contributed by atoms with Gasteiger partial charge in [-0.25, -0.2) is 0 Å². The number of amides is 3. The van der Waals surface area contributed by atoms with E-state index in [0.29, 0.717) is 6.54 Å². The van der Waals surface area contributed by atoms with Gasteiger partial charge in [0, 0.05) is 25.9 Å². The normalized spacial score (nSPS) is 19.1. The summed E-state index contributed by atoms with van der Waals surface area (Å²) in [6.45, 7) is 4.86. The average Bonchev–Trinajstić information content (AvgIpc) is 2.66. The molecule has 0 aliphatic carbocycles. The monoisotopic (exact) mass is 286 g/mol. The van der Waals surface area contributed by atoms with Crippen LogP contribution in [0.2, 0.25) is 0 Å². The van der Waals surface area contributed by atoms with Crippen molar-refractivity contribution < 1.29 is 14.4 Å². The molecule has 1 atom stereocenters. The molecule has 0 spiro atoms. The van der Waals surface area contributed by atoms with Crippen molar-refractivity contribution in [1.82, 2.24) is 10.2 Å². The van der Waals surface area contributed by atoms with Crippen LogP contribution in [0.1, 0.15) is 39.5 Å². The summed E-state index contributed by atoms with van der Waals surface area (Å²) in [6.07, 6.45) is 2.34. The van der Waals surface area contributed by atoms with Crippen molar-refractivity contribution in [3.8, 4) is 0 Å². The van der Waals surface area contributed by atoms with Crippen LogP contribution in [0.5, 0.6) is 0 Å². The van der Waals surface area contributed by atoms with Crippen molar-refractivity contribution in [3.05, 3.63) is 0 Å². The van der Waals surface area contributed by atoms with Crippen LogP contribution in [0.25, 0.3) is 0 Å². The Balaban J connectivity index is 2.39. The van der Waals surface area contributed by atoms with Crippen LogP contribution < -0.4 is 5.32 Å². The Labute approximate surface area is 118 Å². The highest BCUT2D eigenvalue weighted by atomic mass is 32.2. The van der Waals surface area contributed by atoms with Crippen LogP contribution >= 0.6 is 11.8 Å². The second-order valence-corrected chi connectivity index (χ2v) is 5.86. The van der Waals surface area contributed by atoms with E-state index in [0.717, 1.165) is 18.6 Å². The van der Waals surface area contributed by atoms with E-state index in [-0.39, 0.29) is 42.4 Å². The zero-order valence-corrected chi connectivity index (χ0v) is 12.4. The molecule has 1 N–H and O–H groups in total. The van der Waals surface area contributed by atoms with Crippen molar-refractivity contribution in [2.24, 2.45) is 0 Å². The number of carbonyl (C=O) groups is 3. The predicted molar refractivity (Wildman–Crippen MR) is 75.8 cm³/mol. The molecule has 5 nitrogen and oxygen atoms in total. The summed E-state index contributed by atoms with van der Waals surface area (Å²) in [4.78, 5) is 36.4. The molecule has 108 valence electrons. The Bertz CT molecular complexity index is 347. The van der Waals surface area contributed by atoms with Gasteiger partial charge in [0.25, 0.3) is 0 Å². The third kappa shape index (κ3) is 4.86. The number of thioether (sulfide) groups is 1. The first-order valence-electron chi connectivity index (χ1n) is 6.82. The molecule has 19 heavy (non-hydrogen) atoms. The molecule has 0 bridgehead atoms. The molecule has 1 saturated heterocycles. The first-order valence-corrected chi connectivity index (χ1v) is 7.87. The molecule has 1 aliphatic rings.